The average Bonchev–Trinajstić information content (AvgIpc) is 2.88. The molecule has 1 heterocycles. The van der Waals surface area contributed by atoms with Crippen molar-refractivity contribution in [1.82, 2.24) is 10.5 Å². The van der Waals surface area contributed by atoms with Gasteiger partial charge in [0.05, 0.1) is 0 Å². The van der Waals surface area contributed by atoms with Gasteiger partial charge >= 0.3 is 6.03 Å². The molecule has 0 unspecified atom stereocenters. The predicted molar refractivity (Wildman–Crippen MR) is 90.4 cm³/mol. The van der Waals surface area contributed by atoms with Crippen molar-refractivity contribution in [2.24, 2.45) is 0 Å². The number of rotatable bonds is 4. The van der Waals surface area contributed by atoms with Crippen LogP contribution in [0.1, 0.15) is 18.2 Å². The van der Waals surface area contributed by atoms with E-state index >= 15 is 0 Å². The summed E-state index contributed by atoms with van der Waals surface area (Å²) in [7, 11) is 0. The van der Waals surface area contributed by atoms with Gasteiger partial charge in [0.1, 0.15) is 11.8 Å². The third-order valence-corrected chi connectivity index (χ3v) is 3.90. The monoisotopic (exact) mass is 380 g/mol. The summed E-state index contributed by atoms with van der Waals surface area (Å²) >= 11 is 3.40. The number of carbonyl (C=O) groups is 2. The molecule has 0 saturated heterocycles. The normalized spacial score (nSPS) is 11.7. The van der Waals surface area contributed by atoms with Crippen LogP contribution in [0.3, 0.4) is 0 Å². The predicted octanol–water partition coefficient (Wildman–Crippen LogP) is 3.20. The Hall–Kier alpha value is -2.35. The highest BCUT2D eigenvalue weighted by atomic mass is 79.9. The molecule has 2 rings (SSSR count). The molecule has 122 valence electrons. The number of hydrogen-bond acceptors (Lipinski definition) is 4. The highest BCUT2D eigenvalue weighted by molar-refractivity contribution is 9.10. The van der Waals surface area contributed by atoms with Crippen LogP contribution in [0.2, 0.25) is 0 Å². The fourth-order valence-electron chi connectivity index (χ4n) is 1.76. The first-order valence-electron chi connectivity index (χ1n) is 6.93. The lowest BCUT2D eigenvalue weighted by Gasteiger charge is -2.14. The van der Waals surface area contributed by atoms with E-state index < -0.39 is 18.0 Å². The Morgan fingerprint density at radius 2 is 1.96 bits per heavy atom. The van der Waals surface area contributed by atoms with Crippen LogP contribution in [0, 0.1) is 13.8 Å². The maximum atomic E-state index is 12.0. The van der Waals surface area contributed by atoms with Crippen LogP contribution in [0.25, 0.3) is 0 Å². The van der Waals surface area contributed by atoms with Gasteiger partial charge in [0.2, 0.25) is 5.91 Å². The lowest BCUT2D eigenvalue weighted by molar-refractivity contribution is -0.117. The number of nitrogens with one attached hydrogen (secondary N) is 3. The van der Waals surface area contributed by atoms with Gasteiger partial charge in [-0.25, -0.2) is 4.79 Å². The maximum Gasteiger partial charge on any atom is 0.319 e. The molecule has 1 atom stereocenters. The Morgan fingerprint density at radius 3 is 2.57 bits per heavy atom. The van der Waals surface area contributed by atoms with Crippen molar-refractivity contribution < 1.29 is 14.1 Å². The molecule has 3 N–H and O–H groups in total. The first-order chi connectivity index (χ1) is 10.8. The second kappa shape index (κ2) is 7.28. The minimum Gasteiger partial charge on any atom is -0.360 e. The van der Waals surface area contributed by atoms with Crippen molar-refractivity contribution in [3.05, 3.63) is 40.1 Å². The molecule has 0 spiro atoms. The molecule has 0 aliphatic carbocycles. The first-order valence-corrected chi connectivity index (χ1v) is 7.72. The third kappa shape index (κ3) is 4.82. The lowest BCUT2D eigenvalue weighted by Crippen LogP contribution is -2.43. The molecular formula is C15H17BrN4O3. The quantitative estimate of drug-likeness (QED) is 0.758. The molecule has 0 aliphatic heterocycles. The minimum absolute atomic E-state index is 0.309. The van der Waals surface area contributed by atoms with E-state index in [1.54, 1.807) is 32.0 Å². The van der Waals surface area contributed by atoms with Crippen molar-refractivity contribution in [2.75, 3.05) is 10.6 Å². The van der Waals surface area contributed by atoms with Crippen LogP contribution in [0.4, 0.5) is 16.3 Å². The molecule has 0 fully saturated rings. The molecular weight excluding hydrogens is 364 g/mol. The van der Waals surface area contributed by atoms with Gasteiger partial charge in [-0.3, -0.25) is 4.79 Å². The van der Waals surface area contributed by atoms with Gasteiger partial charge < -0.3 is 20.5 Å². The van der Waals surface area contributed by atoms with Gasteiger partial charge in [-0.1, -0.05) is 27.2 Å². The summed E-state index contributed by atoms with van der Waals surface area (Å²) in [5.41, 5.74) is 1.69. The van der Waals surface area contributed by atoms with Gasteiger partial charge in [-0.15, -0.1) is 0 Å². The van der Waals surface area contributed by atoms with Crippen molar-refractivity contribution in [1.29, 1.82) is 0 Å². The molecule has 0 saturated carbocycles. The molecule has 8 heteroatoms. The van der Waals surface area contributed by atoms with E-state index in [1.807, 2.05) is 13.0 Å². The smallest absolute Gasteiger partial charge is 0.319 e. The molecule has 7 nitrogen and oxygen atoms in total. The number of benzene rings is 1. The van der Waals surface area contributed by atoms with Gasteiger partial charge in [-0.2, -0.15) is 0 Å². The number of halogens is 1. The van der Waals surface area contributed by atoms with Crippen LogP contribution < -0.4 is 16.0 Å². The molecule has 2 aromatic rings. The Kier molecular flexibility index (Phi) is 5.38. The van der Waals surface area contributed by atoms with E-state index in [0.29, 0.717) is 17.3 Å². The van der Waals surface area contributed by atoms with Crippen molar-refractivity contribution in [2.45, 2.75) is 26.8 Å². The zero-order chi connectivity index (χ0) is 17.0. The van der Waals surface area contributed by atoms with E-state index in [-0.39, 0.29) is 0 Å². The fourth-order valence-corrected chi connectivity index (χ4v) is 2.14. The van der Waals surface area contributed by atoms with Crippen LogP contribution in [0.15, 0.2) is 33.3 Å². The van der Waals surface area contributed by atoms with Crippen LogP contribution in [-0.2, 0) is 4.79 Å². The van der Waals surface area contributed by atoms with Gasteiger partial charge in [0, 0.05) is 16.2 Å². The summed E-state index contributed by atoms with van der Waals surface area (Å²) in [6, 6.07) is 5.83. The third-order valence-electron chi connectivity index (χ3n) is 3.05. The van der Waals surface area contributed by atoms with Gasteiger partial charge in [0.15, 0.2) is 5.82 Å². The van der Waals surface area contributed by atoms with Crippen LogP contribution >= 0.6 is 15.9 Å². The molecule has 0 bridgehead atoms. The highest BCUT2D eigenvalue weighted by Crippen LogP contribution is 2.20. The molecule has 1 aromatic heterocycles. The minimum atomic E-state index is -0.735. The summed E-state index contributed by atoms with van der Waals surface area (Å²) < 4.78 is 5.75. The Bertz CT molecular complexity index is 729. The van der Waals surface area contributed by atoms with Crippen molar-refractivity contribution in [3.8, 4) is 0 Å². The first kappa shape index (κ1) is 17.0. The summed E-state index contributed by atoms with van der Waals surface area (Å²) in [5, 5.41) is 11.4. The van der Waals surface area contributed by atoms with Crippen LogP contribution in [-0.4, -0.2) is 23.1 Å². The Labute approximate surface area is 141 Å². The fraction of sp³-hybridized carbons (Fsp3) is 0.267. The van der Waals surface area contributed by atoms with Crippen molar-refractivity contribution >= 4 is 39.4 Å². The Morgan fingerprint density at radius 1 is 1.22 bits per heavy atom. The van der Waals surface area contributed by atoms with E-state index in [1.165, 1.54) is 0 Å². The number of nitrogens with zero attached hydrogens (tertiary/aromatic N) is 1. The molecule has 1 aromatic carbocycles. The number of aryl methyl sites for hydroxylation is 2. The van der Waals surface area contributed by atoms with Gasteiger partial charge in [-0.05, 0) is 38.5 Å². The zero-order valence-corrected chi connectivity index (χ0v) is 14.5. The van der Waals surface area contributed by atoms with Crippen LogP contribution in [0.5, 0.6) is 0 Å². The highest BCUT2D eigenvalue weighted by Gasteiger charge is 2.17. The number of amides is 3. The average molecular weight is 381 g/mol. The molecule has 0 radical (unpaired) electrons. The topological polar surface area (TPSA) is 96.3 Å². The maximum absolute atomic E-state index is 12.0. The number of hydrogen-bond donors (Lipinski definition) is 3. The van der Waals surface area contributed by atoms with Gasteiger partial charge in [0.25, 0.3) is 0 Å². The van der Waals surface area contributed by atoms with E-state index in [9.17, 15) is 9.59 Å². The number of carbonyl (C=O) groups excluding carboxylic acids is 2. The summed E-state index contributed by atoms with van der Waals surface area (Å²) in [6.07, 6.45) is 0. The number of urea groups is 1. The lowest BCUT2D eigenvalue weighted by atomic mass is 10.2. The Balaban J connectivity index is 1.88. The number of anilines is 2. The standard InChI is InChI=1S/C15H17BrN4O3/c1-8-4-5-11(7-12(8)16)18-15(22)17-10(3)14(21)19-13-6-9(2)23-20-13/h4-7,10H,1-3H3,(H2,17,18,22)(H,19,20,21)/t10-/m0/s1. The molecule has 0 aliphatic rings. The summed E-state index contributed by atoms with van der Waals surface area (Å²) in [6.45, 7) is 5.25. The number of aromatic nitrogens is 1. The SMILES string of the molecule is Cc1cc(NC(=O)[C@H](C)NC(=O)Nc2ccc(C)c(Br)c2)no1. The van der Waals surface area contributed by atoms with Crippen molar-refractivity contribution in [3.63, 3.8) is 0 Å². The van der Waals surface area contributed by atoms with E-state index in [4.69, 9.17) is 4.52 Å². The second-order valence-electron chi connectivity index (χ2n) is 5.10. The second-order valence-corrected chi connectivity index (χ2v) is 5.95. The largest absolute Gasteiger partial charge is 0.360 e. The summed E-state index contributed by atoms with van der Waals surface area (Å²) in [5.74, 6) is 0.506. The van der Waals surface area contributed by atoms with E-state index in [2.05, 4.69) is 37.0 Å². The molecule has 3 amide bonds. The van der Waals surface area contributed by atoms with E-state index in [0.717, 1.165) is 10.0 Å². The zero-order valence-electron chi connectivity index (χ0n) is 12.9. The molecule has 23 heavy (non-hydrogen) atoms. The summed E-state index contributed by atoms with van der Waals surface area (Å²) in [4.78, 5) is 23.9.